The zero-order valence-electron chi connectivity index (χ0n) is 12.7. The maximum absolute atomic E-state index is 11.5. The number of furan rings is 1. The van der Waals surface area contributed by atoms with Gasteiger partial charge in [0.05, 0.1) is 12.0 Å². The molecular weight excluding hydrogens is 404 g/mol. The molecule has 25 heavy (non-hydrogen) atoms. The fourth-order valence-corrected chi connectivity index (χ4v) is 3.91. The van der Waals surface area contributed by atoms with Crippen LogP contribution in [0.3, 0.4) is 0 Å². The molecule has 5 nitrogen and oxygen atoms in total. The number of thiophene rings is 1. The Labute approximate surface area is 154 Å². The summed E-state index contributed by atoms with van der Waals surface area (Å²) in [4.78, 5) is 16.7. The predicted molar refractivity (Wildman–Crippen MR) is 102 cm³/mol. The molecule has 124 valence electrons. The molecule has 0 amide bonds. The van der Waals surface area contributed by atoms with E-state index in [1.807, 2.05) is 36.4 Å². The monoisotopic (exact) mass is 414 g/mol. The van der Waals surface area contributed by atoms with Gasteiger partial charge in [-0.1, -0.05) is 28.1 Å². The summed E-state index contributed by atoms with van der Waals surface area (Å²) in [6.07, 6.45) is 1.58. The van der Waals surface area contributed by atoms with Crippen LogP contribution in [-0.2, 0) is 0 Å². The number of fused-ring (bicyclic) bond motifs is 1. The molecule has 4 rings (SSSR count). The van der Waals surface area contributed by atoms with Crippen LogP contribution in [0.2, 0.25) is 0 Å². The number of benzene rings is 1. The van der Waals surface area contributed by atoms with Crippen molar-refractivity contribution in [1.82, 2.24) is 4.98 Å². The number of aromatic carboxylic acids is 1. The molecule has 0 spiro atoms. The van der Waals surface area contributed by atoms with Crippen LogP contribution in [0.4, 0.5) is 5.69 Å². The van der Waals surface area contributed by atoms with Crippen LogP contribution in [0.15, 0.2) is 57.6 Å². The molecule has 0 saturated heterocycles. The highest BCUT2D eigenvalue weighted by molar-refractivity contribution is 9.10. The third kappa shape index (κ3) is 2.71. The lowest BCUT2D eigenvalue weighted by atomic mass is 10.0. The summed E-state index contributed by atoms with van der Waals surface area (Å²) in [5, 5.41) is 10.0. The van der Waals surface area contributed by atoms with Crippen LogP contribution < -0.4 is 5.73 Å². The van der Waals surface area contributed by atoms with E-state index in [4.69, 9.17) is 10.2 Å². The molecule has 0 fully saturated rings. The van der Waals surface area contributed by atoms with E-state index in [0.717, 1.165) is 26.9 Å². The molecule has 4 aromatic rings. The zero-order chi connectivity index (χ0) is 17.6. The summed E-state index contributed by atoms with van der Waals surface area (Å²) in [5.41, 5.74) is 8.75. The minimum atomic E-state index is -1.05. The van der Waals surface area contributed by atoms with Gasteiger partial charge >= 0.3 is 5.97 Å². The topological polar surface area (TPSA) is 89.4 Å². The Morgan fingerprint density at radius 1 is 1.24 bits per heavy atom. The van der Waals surface area contributed by atoms with Crippen LogP contribution in [0.1, 0.15) is 9.67 Å². The number of nitrogens with zero attached hydrogens (tertiary/aromatic N) is 1. The highest BCUT2D eigenvalue weighted by Gasteiger charge is 2.21. The molecule has 0 radical (unpaired) electrons. The molecule has 3 aromatic heterocycles. The maximum Gasteiger partial charge on any atom is 0.348 e. The smallest absolute Gasteiger partial charge is 0.348 e. The number of anilines is 1. The van der Waals surface area contributed by atoms with Crippen molar-refractivity contribution in [3.63, 3.8) is 0 Å². The third-order valence-corrected chi connectivity index (χ3v) is 5.44. The molecule has 0 atom stereocenters. The van der Waals surface area contributed by atoms with Gasteiger partial charge in [0.15, 0.2) is 5.76 Å². The number of hydrogen-bond donors (Lipinski definition) is 2. The molecule has 0 saturated carbocycles. The fourth-order valence-electron chi connectivity index (χ4n) is 2.69. The summed E-state index contributed by atoms with van der Waals surface area (Å²) in [7, 11) is 0. The van der Waals surface area contributed by atoms with Crippen LogP contribution in [0, 0.1) is 0 Å². The van der Waals surface area contributed by atoms with E-state index in [-0.39, 0.29) is 10.6 Å². The molecule has 0 aliphatic heterocycles. The van der Waals surface area contributed by atoms with Gasteiger partial charge < -0.3 is 15.3 Å². The van der Waals surface area contributed by atoms with Crippen molar-refractivity contribution in [2.75, 3.05) is 5.73 Å². The second-order valence-corrected chi connectivity index (χ2v) is 7.28. The Bertz CT molecular complexity index is 1090. The average molecular weight is 415 g/mol. The summed E-state index contributed by atoms with van der Waals surface area (Å²) in [6.45, 7) is 0. The van der Waals surface area contributed by atoms with Gasteiger partial charge in [-0.15, -0.1) is 11.3 Å². The van der Waals surface area contributed by atoms with Gasteiger partial charge in [-0.2, -0.15) is 0 Å². The van der Waals surface area contributed by atoms with Crippen LogP contribution in [0.25, 0.3) is 32.8 Å². The molecule has 0 aliphatic rings. The number of carboxylic acid groups (broad SMARTS) is 1. The fraction of sp³-hybridized carbons (Fsp3) is 0. The summed E-state index contributed by atoms with van der Waals surface area (Å²) in [6, 6.07) is 13.2. The van der Waals surface area contributed by atoms with Gasteiger partial charge in [-0.25, -0.2) is 9.78 Å². The van der Waals surface area contributed by atoms with Crippen molar-refractivity contribution in [2.24, 2.45) is 0 Å². The van der Waals surface area contributed by atoms with Crippen molar-refractivity contribution in [3.8, 4) is 22.6 Å². The molecule has 0 aliphatic carbocycles. The summed E-state index contributed by atoms with van der Waals surface area (Å²) >= 11 is 4.49. The first-order valence-corrected chi connectivity index (χ1v) is 8.91. The van der Waals surface area contributed by atoms with Gasteiger partial charge in [0.2, 0.25) is 0 Å². The standard InChI is InChI=1S/C18H11BrN2O3S/c19-10-5-3-9(4-6-10)11-8-12(13-2-1-7-24-13)21-17-14(11)15(20)16(25-17)18(22)23/h1-8H,20H2,(H,22,23). The van der Waals surface area contributed by atoms with Crippen molar-refractivity contribution in [1.29, 1.82) is 0 Å². The lowest BCUT2D eigenvalue weighted by Gasteiger charge is -2.07. The first-order chi connectivity index (χ1) is 12.0. The van der Waals surface area contributed by atoms with Crippen molar-refractivity contribution >= 4 is 49.1 Å². The number of aromatic nitrogens is 1. The number of halogens is 1. The van der Waals surface area contributed by atoms with Crippen LogP contribution in [0.5, 0.6) is 0 Å². The molecule has 7 heteroatoms. The average Bonchev–Trinajstić information content (AvgIpc) is 3.23. The van der Waals surface area contributed by atoms with Crippen molar-refractivity contribution < 1.29 is 14.3 Å². The number of carbonyl (C=O) groups is 1. The van der Waals surface area contributed by atoms with E-state index in [2.05, 4.69) is 20.9 Å². The molecule has 0 unspecified atom stereocenters. The van der Waals surface area contributed by atoms with Gasteiger partial charge in [-0.05, 0) is 41.5 Å². The SMILES string of the molecule is Nc1c(C(=O)O)sc2nc(-c3ccco3)cc(-c3ccc(Br)cc3)c12. The van der Waals surface area contributed by atoms with E-state index in [1.54, 1.807) is 12.3 Å². The van der Waals surface area contributed by atoms with E-state index < -0.39 is 5.97 Å². The number of rotatable bonds is 3. The van der Waals surface area contributed by atoms with E-state index in [9.17, 15) is 9.90 Å². The van der Waals surface area contributed by atoms with Gasteiger partial charge in [0.1, 0.15) is 15.4 Å². The highest BCUT2D eigenvalue weighted by atomic mass is 79.9. The Morgan fingerprint density at radius 2 is 2.00 bits per heavy atom. The largest absolute Gasteiger partial charge is 0.477 e. The summed E-state index contributed by atoms with van der Waals surface area (Å²) < 4.78 is 6.41. The number of carboxylic acids is 1. The Hall–Kier alpha value is -2.64. The summed E-state index contributed by atoms with van der Waals surface area (Å²) in [5.74, 6) is -0.439. The normalized spacial score (nSPS) is 11.1. The lowest BCUT2D eigenvalue weighted by molar-refractivity contribution is 0.0703. The molecule has 3 N–H and O–H groups in total. The van der Waals surface area contributed by atoms with Crippen molar-refractivity contribution in [2.45, 2.75) is 0 Å². The molecule has 1 aromatic carbocycles. The van der Waals surface area contributed by atoms with Crippen LogP contribution in [-0.4, -0.2) is 16.1 Å². The van der Waals surface area contributed by atoms with E-state index >= 15 is 0 Å². The molecule has 3 heterocycles. The predicted octanol–water partition coefficient (Wildman–Crippen LogP) is 5.27. The first kappa shape index (κ1) is 15.9. The Balaban J connectivity index is 2.06. The Morgan fingerprint density at radius 3 is 2.64 bits per heavy atom. The second kappa shape index (κ2) is 6.02. The molecule has 0 bridgehead atoms. The zero-order valence-corrected chi connectivity index (χ0v) is 15.1. The Kier molecular flexibility index (Phi) is 3.82. The number of nitrogen functional groups attached to an aromatic ring is 1. The third-order valence-electron chi connectivity index (χ3n) is 3.82. The van der Waals surface area contributed by atoms with E-state index in [0.29, 0.717) is 21.7 Å². The minimum absolute atomic E-state index is 0.0949. The van der Waals surface area contributed by atoms with Crippen LogP contribution >= 0.6 is 27.3 Å². The van der Waals surface area contributed by atoms with Crippen molar-refractivity contribution in [3.05, 3.63) is 58.1 Å². The maximum atomic E-state index is 11.5. The first-order valence-electron chi connectivity index (χ1n) is 7.30. The minimum Gasteiger partial charge on any atom is -0.477 e. The van der Waals surface area contributed by atoms with Gasteiger partial charge in [0, 0.05) is 9.86 Å². The lowest BCUT2D eigenvalue weighted by Crippen LogP contribution is -1.97. The molecular formula is C18H11BrN2O3S. The van der Waals surface area contributed by atoms with E-state index in [1.165, 1.54) is 0 Å². The quantitative estimate of drug-likeness (QED) is 0.476. The number of hydrogen-bond acceptors (Lipinski definition) is 5. The number of nitrogens with two attached hydrogens (primary N) is 1. The second-order valence-electron chi connectivity index (χ2n) is 5.37. The van der Waals surface area contributed by atoms with Gasteiger partial charge in [-0.3, -0.25) is 0 Å². The number of pyridine rings is 1. The highest BCUT2D eigenvalue weighted by Crippen LogP contribution is 2.41. The van der Waals surface area contributed by atoms with Gasteiger partial charge in [0.25, 0.3) is 0 Å².